The van der Waals surface area contributed by atoms with Crippen molar-refractivity contribution in [3.8, 4) is 5.75 Å². The van der Waals surface area contributed by atoms with Gasteiger partial charge in [0, 0.05) is 16.6 Å². The van der Waals surface area contributed by atoms with Gasteiger partial charge in [-0.1, -0.05) is 12.1 Å². The number of hydrogen-bond acceptors (Lipinski definition) is 4. The van der Waals surface area contributed by atoms with E-state index in [-0.39, 0.29) is 18.1 Å². The summed E-state index contributed by atoms with van der Waals surface area (Å²) >= 11 is 1.48. The smallest absolute Gasteiger partial charge is 0.165 e. The van der Waals surface area contributed by atoms with Crippen molar-refractivity contribution >= 4 is 21.4 Å². The van der Waals surface area contributed by atoms with Crippen molar-refractivity contribution in [2.45, 2.75) is 12.5 Å². The molecule has 1 unspecified atom stereocenters. The molecule has 0 aliphatic rings. The normalized spacial score (nSPS) is 11.8. The van der Waals surface area contributed by atoms with Gasteiger partial charge in [-0.15, -0.1) is 11.3 Å². The average molecular weight is 337 g/mol. The van der Waals surface area contributed by atoms with Crippen molar-refractivity contribution in [1.82, 2.24) is 0 Å². The van der Waals surface area contributed by atoms with Gasteiger partial charge in [-0.3, -0.25) is 0 Å². The van der Waals surface area contributed by atoms with Crippen LogP contribution in [0.2, 0.25) is 0 Å². The van der Waals surface area contributed by atoms with E-state index in [1.165, 1.54) is 29.5 Å². The van der Waals surface area contributed by atoms with Crippen LogP contribution in [0.25, 0.3) is 10.1 Å². The van der Waals surface area contributed by atoms with Crippen LogP contribution in [0.5, 0.6) is 5.75 Å². The molecule has 0 aliphatic carbocycles. The minimum absolute atomic E-state index is 0.205. The molecule has 0 aliphatic heterocycles. The molecule has 6 heteroatoms. The Bertz CT molecular complexity index is 776. The van der Waals surface area contributed by atoms with Gasteiger partial charge in [-0.25, -0.2) is 8.78 Å². The molecule has 122 valence electrons. The Morgan fingerprint density at radius 2 is 1.91 bits per heavy atom. The van der Waals surface area contributed by atoms with Gasteiger partial charge >= 0.3 is 0 Å². The lowest BCUT2D eigenvalue weighted by atomic mass is 10.1. The summed E-state index contributed by atoms with van der Waals surface area (Å²) in [5.41, 5.74) is 5.99. The number of phenolic OH excluding ortho intramolecular Hbond substituents is 1. The fourth-order valence-electron chi connectivity index (χ4n) is 2.02. The van der Waals surface area contributed by atoms with Crippen molar-refractivity contribution in [2.24, 2.45) is 5.73 Å². The van der Waals surface area contributed by atoms with Crippen molar-refractivity contribution < 1.29 is 19.0 Å². The van der Waals surface area contributed by atoms with Gasteiger partial charge in [0.05, 0.1) is 6.10 Å². The largest absolute Gasteiger partial charge is 0.504 e. The maximum atomic E-state index is 12.7. The molecule has 0 fully saturated rings. The van der Waals surface area contributed by atoms with E-state index in [4.69, 9.17) is 10.8 Å². The Kier molecular flexibility index (Phi) is 6.04. The molecule has 3 nitrogen and oxygen atoms in total. The van der Waals surface area contributed by atoms with Gasteiger partial charge in [-0.2, -0.15) is 0 Å². The molecular formula is C17H17F2NO2S. The summed E-state index contributed by atoms with van der Waals surface area (Å²) in [6.45, 7) is 0.205. The Morgan fingerprint density at radius 1 is 1.13 bits per heavy atom. The zero-order valence-corrected chi connectivity index (χ0v) is 13.1. The van der Waals surface area contributed by atoms with Crippen molar-refractivity contribution in [2.75, 3.05) is 6.54 Å². The second kappa shape index (κ2) is 8.01. The van der Waals surface area contributed by atoms with Crippen LogP contribution in [0.3, 0.4) is 0 Å². The number of aromatic hydroxyl groups is 1. The molecule has 0 radical (unpaired) electrons. The third kappa shape index (κ3) is 4.72. The maximum absolute atomic E-state index is 12.7. The third-order valence-corrected chi connectivity index (χ3v) is 4.07. The molecule has 4 N–H and O–H groups in total. The molecule has 0 saturated carbocycles. The zero-order valence-electron chi connectivity index (χ0n) is 12.2. The first-order valence-electron chi connectivity index (χ1n) is 6.98. The predicted octanol–water partition coefficient (Wildman–Crippen LogP) is 3.43. The highest BCUT2D eigenvalue weighted by molar-refractivity contribution is 7.17. The number of aliphatic hydroxyl groups is 1. The molecule has 1 heterocycles. The first-order chi connectivity index (χ1) is 11.0. The highest BCUT2D eigenvalue weighted by Gasteiger charge is 2.05. The fourth-order valence-corrected chi connectivity index (χ4v) is 2.81. The van der Waals surface area contributed by atoms with Crippen LogP contribution >= 0.6 is 11.3 Å². The van der Waals surface area contributed by atoms with E-state index in [0.717, 1.165) is 10.3 Å². The van der Waals surface area contributed by atoms with Crippen LogP contribution in [-0.2, 0) is 6.42 Å². The number of hydrogen-bond donors (Lipinski definition) is 3. The summed E-state index contributed by atoms with van der Waals surface area (Å²) in [6.07, 6.45) is -0.166. The summed E-state index contributed by atoms with van der Waals surface area (Å²) in [7, 11) is 0. The number of halogens is 2. The number of rotatable bonds is 3. The lowest BCUT2D eigenvalue weighted by molar-refractivity contribution is 0.183. The molecule has 0 spiro atoms. The highest BCUT2D eigenvalue weighted by atomic mass is 32.1. The Morgan fingerprint density at radius 3 is 2.61 bits per heavy atom. The van der Waals surface area contributed by atoms with Crippen molar-refractivity contribution in [3.63, 3.8) is 0 Å². The fraction of sp³-hybridized carbons (Fsp3) is 0.176. The number of aliphatic hydroxyl groups excluding tert-OH is 1. The summed E-state index contributed by atoms with van der Waals surface area (Å²) in [5.74, 6) is -1.09. The number of thiophene rings is 1. The number of fused-ring (bicyclic) bond motifs is 1. The van der Waals surface area contributed by atoms with Gasteiger partial charge in [0.2, 0.25) is 0 Å². The van der Waals surface area contributed by atoms with Crippen molar-refractivity contribution in [3.05, 3.63) is 65.0 Å². The van der Waals surface area contributed by atoms with E-state index in [9.17, 15) is 13.9 Å². The number of phenols is 1. The lowest BCUT2D eigenvalue weighted by Gasteiger charge is -2.06. The molecule has 2 aromatic carbocycles. The summed E-state index contributed by atoms with van der Waals surface area (Å²) in [4.78, 5) is 0. The van der Waals surface area contributed by atoms with E-state index in [1.54, 1.807) is 24.3 Å². The number of benzene rings is 2. The number of nitrogens with two attached hydrogens (primary N) is 1. The zero-order chi connectivity index (χ0) is 16.8. The molecule has 3 aromatic rings. The standard InChI is InChI=1S/C9H12FNO.C8H5FOS/c10-8-3-1-2-7(4-8)5-9(12)6-11;9-6-1-2-7-5(8(6)10)3-4-11-7/h1-4,9,12H,5-6,11H2;1-4,10H. The van der Waals surface area contributed by atoms with Gasteiger partial charge in [0.25, 0.3) is 0 Å². The first-order valence-corrected chi connectivity index (χ1v) is 7.86. The van der Waals surface area contributed by atoms with Crippen LogP contribution in [-0.4, -0.2) is 22.9 Å². The second-order valence-corrected chi connectivity index (χ2v) is 5.90. The first kappa shape index (κ1) is 17.3. The quantitative estimate of drug-likeness (QED) is 0.686. The molecule has 1 atom stereocenters. The maximum Gasteiger partial charge on any atom is 0.165 e. The molecule has 3 rings (SSSR count). The van der Waals surface area contributed by atoms with E-state index in [2.05, 4.69) is 0 Å². The van der Waals surface area contributed by atoms with Gasteiger partial charge in [-0.05, 0) is 47.7 Å². The predicted molar refractivity (Wildman–Crippen MR) is 88.6 cm³/mol. The van der Waals surface area contributed by atoms with Gasteiger partial charge < -0.3 is 15.9 Å². The minimum atomic E-state index is -0.577. The lowest BCUT2D eigenvalue weighted by Crippen LogP contribution is -2.21. The van der Waals surface area contributed by atoms with Crippen LogP contribution in [0.4, 0.5) is 8.78 Å². The SMILES string of the molecule is NCC(O)Cc1cccc(F)c1.Oc1c(F)ccc2sccc12. The minimum Gasteiger partial charge on any atom is -0.504 e. The van der Waals surface area contributed by atoms with E-state index < -0.39 is 11.9 Å². The van der Waals surface area contributed by atoms with Crippen molar-refractivity contribution in [1.29, 1.82) is 0 Å². The Hall–Kier alpha value is -2.02. The van der Waals surface area contributed by atoms with Crippen LogP contribution in [0.15, 0.2) is 47.8 Å². The summed E-state index contributed by atoms with van der Waals surface area (Å²) in [5, 5.41) is 20.7. The topological polar surface area (TPSA) is 66.5 Å². The van der Waals surface area contributed by atoms with E-state index in [1.807, 2.05) is 5.38 Å². The Labute approximate surface area is 136 Å². The molecule has 0 amide bonds. The molecule has 1 aromatic heterocycles. The molecule has 0 bridgehead atoms. The molecule has 0 saturated heterocycles. The van der Waals surface area contributed by atoms with Crippen LogP contribution in [0.1, 0.15) is 5.56 Å². The van der Waals surface area contributed by atoms with Gasteiger partial charge in [0.1, 0.15) is 5.82 Å². The Balaban J connectivity index is 0.000000167. The van der Waals surface area contributed by atoms with Crippen LogP contribution < -0.4 is 5.73 Å². The van der Waals surface area contributed by atoms with Gasteiger partial charge in [0.15, 0.2) is 11.6 Å². The summed E-state index contributed by atoms with van der Waals surface area (Å²) < 4.78 is 26.2. The average Bonchev–Trinajstić information content (AvgIpc) is 3.01. The third-order valence-electron chi connectivity index (χ3n) is 3.19. The monoisotopic (exact) mass is 337 g/mol. The highest BCUT2D eigenvalue weighted by Crippen LogP contribution is 2.30. The summed E-state index contributed by atoms with van der Waals surface area (Å²) in [6, 6.07) is 10.8. The molecule has 23 heavy (non-hydrogen) atoms. The van der Waals surface area contributed by atoms with Crippen LogP contribution in [0, 0.1) is 11.6 Å². The van der Waals surface area contributed by atoms with E-state index in [0.29, 0.717) is 11.8 Å². The molecular weight excluding hydrogens is 320 g/mol. The second-order valence-electron chi connectivity index (χ2n) is 4.95. The van der Waals surface area contributed by atoms with E-state index >= 15 is 0 Å².